The third-order valence-corrected chi connectivity index (χ3v) is 3.82. The summed E-state index contributed by atoms with van der Waals surface area (Å²) in [4.78, 5) is 12.1. The molecule has 2 unspecified atom stereocenters. The van der Waals surface area contributed by atoms with Gasteiger partial charge in [-0.1, -0.05) is 12.1 Å². The molecule has 3 N–H and O–H groups in total. The number of hydrogen-bond acceptors (Lipinski definition) is 3. The van der Waals surface area contributed by atoms with Crippen molar-refractivity contribution in [2.45, 2.75) is 45.7 Å². The summed E-state index contributed by atoms with van der Waals surface area (Å²) in [7, 11) is 0. The average Bonchev–Trinajstić information content (AvgIpc) is 2.85. The van der Waals surface area contributed by atoms with E-state index in [1.54, 1.807) is 0 Å². The normalized spacial score (nSPS) is 21.8. The molecule has 0 aliphatic heterocycles. The van der Waals surface area contributed by atoms with Gasteiger partial charge in [-0.2, -0.15) is 0 Å². The van der Waals surface area contributed by atoms with Gasteiger partial charge in [-0.05, 0) is 44.7 Å². The second-order valence-electron chi connectivity index (χ2n) is 5.53. The maximum Gasteiger partial charge on any atom is 0.223 e. The molecular formula is C16H24N2O2. The van der Waals surface area contributed by atoms with Crippen molar-refractivity contribution in [1.82, 2.24) is 5.32 Å². The second-order valence-corrected chi connectivity index (χ2v) is 5.53. The lowest BCUT2D eigenvalue weighted by Crippen LogP contribution is -2.30. The van der Waals surface area contributed by atoms with E-state index in [1.165, 1.54) is 0 Å². The molecule has 4 heteroatoms. The third-order valence-electron chi connectivity index (χ3n) is 3.82. The fourth-order valence-corrected chi connectivity index (χ4v) is 2.68. The fourth-order valence-electron chi connectivity index (χ4n) is 2.68. The van der Waals surface area contributed by atoms with Gasteiger partial charge in [0.15, 0.2) is 0 Å². The van der Waals surface area contributed by atoms with E-state index in [1.807, 2.05) is 32.0 Å². The van der Waals surface area contributed by atoms with Gasteiger partial charge in [0.05, 0.1) is 6.61 Å². The Morgan fingerprint density at radius 2 is 2.25 bits per heavy atom. The summed E-state index contributed by atoms with van der Waals surface area (Å²) in [5.74, 6) is 1.04. The Balaban J connectivity index is 1.94. The largest absolute Gasteiger partial charge is 0.494 e. The highest BCUT2D eigenvalue weighted by Crippen LogP contribution is 2.25. The molecule has 110 valence electrons. The van der Waals surface area contributed by atoms with Crippen LogP contribution in [0, 0.1) is 12.8 Å². The Labute approximate surface area is 120 Å². The number of carbonyl (C=O) groups is 1. The summed E-state index contributed by atoms with van der Waals surface area (Å²) < 4.78 is 5.62. The summed E-state index contributed by atoms with van der Waals surface area (Å²) in [5, 5.41) is 3.01. The molecule has 0 saturated heterocycles. The number of rotatable bonds is 5. The van der Waals surface area contributed by atoms with E-state index in [2.05, 4.69) is 5.32 Å². The molecule has 20 heavy (non-hydrogen) atoms. The molecule has 1 amide bonds. The van der Waals surface area contributed by atoms with Gasteiger partial charge in [0.2, 0.25) is 5.91 Å². The monoisotopic (exact) mass is 276 g/mol. The zero-order valence-corrected chi connectivity index (χ0v) is 12.3. The lowest BCUT2D eigenvalue weighted by molar-refractivity contribution is -0.125. The predicted molar refractivity (Wildman–Crippen MR) is 79.5 cm³/mol. The van der Waals surface area contributed by atoms with Gasteiger partial charge in [-0.15, -0.1) is 0 Å². The predicted octanol–water partition coefficient (Wildman–Crippen LogP) is 2.14. The lowest BCUT2D eigenvalue weighted by Gasteiger charge is -2.14. The number of benzene rings is 1. The van der Waals surface area contributed by atoms with Crippen molar-refractivity contribution in [2.24, 2.45) is 11.7 Å². The summed E-state index contributed by atoms with van der Waals surface area (Å²) in [5.41, 5.74) is 8.03. The highest BCUT2D eigenvalue weighted by molar-refractivity contribution is 5.79. The Morgan fingerprint density at radius 1 is 1.45 bits per heavy atom. The van der Waals surface area contributed by atoms with Crippen molar-refractivity contribution < 1.29 is 9.53 Å². The summed E-state index contributed by atoms with van der Waals surface area (Å²) in [6, 6.07) is 6.25. The SMILES string of the molecule is CCOc1cc(C)ccc1CNC(=O)C1CCC(N)C1. The first kappa shape index (κ1) is 14.9. The molecule has 0 bridgehead atoms. The average molecular weight is 276 g/mol. The quantitative estimate of drug-likeness (QED) is 0.866. The topological polar surface area (TPSA) is 64.3 Å². The number of hydrogen-bond donors (Lipinski definition) is 2. The molecular weight excluding hydrogens is 252 g/mol. The smallest absolute Gasteiger partial charge is 0.223 e. The fraction of sp³-hybridized carbons (Fsp3) is 0.562. The standard InChI is InChI=1S/C16H24N2O2/c1-3-20-15-8-11(2)4-5-13(15)10-18-16(19)12-6-7-14(17)9-12/h4-5,8,12,14H,3,6-7,9-10,17H2,1-2H3,(H,18,19). The van der Waals surface area contributed by atoms with Gasteiger partial charge in [0.25, 0.3) is 0 Å². The van der Waals surface area contributed by atoms with Crippen LogP contribution >= 0.6 is 0 Å². The maximum atomic E-state index is 12.1. The Kier molecular flexibility index (Phi) is 5.01. The minimum absolute atomic E-state index is 0.0750. The lowest BCUT2D eigenvalue weighted by atomic mass is 10.1. The van der Waals surface area contributed by atoms with Gasteiger partial charge in [-0.25, -0.2) is 0 Å². The highest BCUT2D eigenvalue weighted by atomic mass is 16.5. The van der Waals surface area contributed by atoms with Crippen LogP contribution in [0.2, 0.25) is 0 Å². The summed E-state index contributed by atoms with van der Waals surface area (Å²) in [6.45, 7) is 5.14. The molecule has 1 aromatic rings. The molecule has 2 rings (SSSR count). The summed E-state index contributed by atoms with van der Waals surface area (Å²) in [6.07, 6.45) is 2.66. The molecule has 1 aliphatic carbocycles. The first-order chi connectivity index (χ1) is 9.60. The zero-order valence-electron chi connectivity index (χ0n) is 12.3. The van der Waals surface area contributed by atoms with Crippen LogP contribution in [0.15, 0.2) is 18.2 Å². The first-order valence-corrected chi connectivity index (χ1v) is 7.35. The Morgan fingerprint density at radius 3 is 2.90 bits per heavy atom. The molecule has 4 nitrogen and oxygen atoms in total. The van der Waals surface area contributed by atoms with Crippen molar-refractivity contribution in [2.75, 3.05) is 6.61 Å². The number of nitrogens with one attached hydrogen (secondary N) is 1. The minimum Gasteiger partial charge on any atom is -0.494 e. The number of amides is 1. The van der Waals surface area contributed by atoms with Crippen LogP contribution in [0.5, 0.6) is 5.75 Å². The van der Waals surface area contributed by atoms with E-state index in [4.69, 9.17) is 10.5 Å². The van der Waals surface area contributed by atoms with Gasteiger partial charge in [0.1, 0.15) is 5.75 Å². The van der Waals surface area contributed by atoms with Crippen molar-refractivity contribution in [3.05, 3.63) is 29.3 Å². The molecule has 0 radical (unpaired) electrons. The van der Waals surface area contributed by atoms with Crippen molar-refractivity contribution in [1.29, 1.82) is 0 Å². The molecule has 1 aliphatic rings. The van der Waals surface area contributed by atoms with E-state index in [0.29, 0.717) is 13.2 Å². The number of nitrogens with two attached hydrogens (primary N) is 1. The van der Waals surface area contributed by atoms with Gasteiger partial charge >= 0.3 is 0 Å². The molecule has 1 fully saturated rings. The van der Waals surface area contributed by atoms with Crippen molar-refractivity contribution in [3.8, 4) is 5.75 Å². The molecule has 0 heterocycles. The number of carbonyl (C=O) groups excluding carboxylic acids is 1. The molecule has 2 atom stereocenters. The van der Waals surface area contributed by atoms with Crippen LogP contribution in [0.1, 0.15) is 37.3 Å². The third kappa shape index (κ3) is 3.73. The molecule has 1 saturated carbocycles. The van der Waals surface area contributed by atoms with Crippen LogP contribution in [0.3, 0.4) is 0 Å². The van der Waals surface area contributed by atoms with Gasteiger partial charge in [-0.3, -0.25) is 4.79 Å². The van der Waals surface area contributed by atoms with Crippen molar-refractivity contribution >= 4 is 5.91 Å². The van der Waals surface area contributed by atoms with Gasteiger partial charge < -0.3 is 15.8 Å². The molecule has 1 aromatic carbocycles. The van der Waals surface area contributed by atoms with Crippen LogP contribution < -0.4 is 15.8 Å². The Bertz CT molecular complexity index is 474. The minimum atomic E-state index is 0.0750. The molecule has 0 aromatic heterocycles. The van der Waals surface area contributed by atoms with Crippen LogP contribution in [0.4, 0.5) is 0 Å². The maximum absolute atomic E-state index is 12.1. The van der Waals surface area contributed by atoms with E-state index < -0.39 is 0 Å². The summed E-state index contributed by atoms with van der Waals surface area (Å²) >= 11 is 0. The van der Waals surface area contributed by atoms with Crippen LogP contribution in [-0.4, -0.2) is 18.6 Å². The van der Waals surface area contributed by atoms with E-state index in [0.717, 1.165) is 36.1 Å². The highest BCUT2D eigenvalue weighted by Gasteiger charge is 2.27. The van der Waals surface area contributed by atoms with Gasteiger partial charge in [0, 0.05) is 24.1 Å². The second kappa shape index (κ2) is 6.75. The first-order valence-electron chi connectivity index (χ1n) is 7.35. The molecule has 0 spiro atoms. The Hall–Kier alpha value is -1.55. The zero-order chi connectivity index (χ0) is 14.5. The van der Waals surface area contributed by atoms with E-state index in [9.17, 15) is 4.79 Å². The van der Waals surface area contributed by atoms with Crippen LogP contribution in [-0.2, 0) is 11.3 Å². The van der Waals surface area contributed by atoms with E-state index in [-0.39, 0.29) is 17.9 Å². The number of ether oxygens (including phenoxy) is 1. The number of aryl methyl sites for hydroxylation is 1. The van der Waals surface area contributed by atoms with Crippen molar-refractivity contribution in [3.63, 3.8) is 0 Å². The van der Waals surface area contributed by atoms with E-state index >= 15 is 0 Å². The van der Waals surface area contributed by atoms with Crippen LogP contribution in [0.25, 0.3) is 0 Å².